The molecule has 74 heavy (non-hydrogen) atoms. The van der Waals surface area contributed by atoms with Gasteiger partial charge < -0.3 is 49.9 Å². The fourth-order valence-corrected chi connectivity index (χ4v) is 7.84. The van der Waals surface area contributed by atoms with E-state index in [4.69, 9.17) is 18.6 Å². The number of amides is 9. The number of ether oxygens (including phenoxy) is 3. The molecule has 6 heterocycles. The molecule has 0 radical (unpaired) electrons. The summed E-state index contributed by atoms with van der Waals surface area (Å²) in [6.07, 6.45) is -2.36. The number of piperidine rings is 1. The highest BCUT2D eigenvalue weighted by atomic mass is 19.4. The standard InChI is InChI=1S/C46H45F3N12O13/c47-46(48,49)25-53-44(69)74-35-22-27(10-11-51-35)41-55-32(24-73-41)39(65)54-31-23-60(57-37(31)59-15-14-58(16-17-62)45(59)70)28-6-4-26(5-7-28)38(64)52-13-19-72-21-20-71-18-12-50-30-3-1-2-29-36(30)43(68)61(42(29)67)33-8-9-34(63)56-40(33)66/h1-7,10-11,22-24,33,50,62H,8-9,12-21,25H2,(H,52,64)(H,53,69)(H,54,65)(H,56,63,66). The summed E-state index contributed by atoms with van der Waals surface area (Å²) in [5.74, 6) is -4.02. The number of anilines is 3. The van der Waals surface area contributed by atoms with Crippen molar-refractivity contribution in [3.8, 4) is 23.0 Å². The van der Waals surface area contributed by atoms with Gasteiger partial charge in [-0.2, -0.15) is 13.2 Å². The van der Waals surface area contributed by atoms with E-state index >= 15 is 0 Å². The molecule has 2 aromatic carbocycles. The SMILES string of the molecule is O=C1CCC(N2C(=O)c3cccc(NCCOCCOCCNC(=O)c4ccc(-n5cc(NC(=O)c6coc(-c7ccnc(OC(=O)NCC(F)(F)F)c7)n6)c(N6CCN(CCO)C6=O)n5)cc4)c3C2=O)C(=O)N1. The molecule has 3 aliphatic rings. The molecule has 0 spiro atoms. The number of aromatic nitrogens is 4. The Morgan fingerprint density at radius 3 is 2.41 bits per heavy atom. The van der Waals surface area contributed by atoms with Gasteiger partial charge in [0, 0.05) is 68.2 Å². The summed E-state index contributed by atoms with van der Waals surface area (Å²) >= 11 is 0. The number of β-amino-alcohol motifs (C(OH)–C–C–N with tert-alkyl or cyclic N) is 1. The van der Waals surface area contributed by atoms with Crippen molar-refractivity contribution >= 4 is 64.8 Å². The van der Waals surface area contributed by atoms with E-state index in [-0.39, 0.29) is 124 Å². The maximum atomic E-state index is 13.6. The number of aliphatic hydroxyl groups is 1. The Labute approximate surface area is 416 Å². The molecule has 6 N–H and O–H groups in total. The van der Waals surface area contributed by atoms with E-state index in [2.05, 4.69) is 36.3 Å². The first-order chi connectivity index (χ1) is 35.6. The minimum Gasteiger partial charge on any atom is -0.444 e. The number of pyridine rings is 1. The van der Waals surface area contributed by atoms with Gasteiger partial charge >= 0.3 is 18.3 Å². The van der Waals surface area contributed by atoms with Crippen LogP contribution in [0.1, 0.15) is 54.4 Å². The summed E-state index contributed by atoms with van der Waals surface area (Å²) in [5.41, 5.74) is 1.46. The number of nitrogens with one attached hydrogen (secondary N) is 5. The minimum absolute atomic E-state index is 0.0139. The number of aliphatic hydroxyl groups excluding tert-OH is 1. The van der Waals surface area contributed by atoms with E-state index < -0.39 is 66.3 Å². The summed E-state index contributed by atoms with van der Waals surface area (Å²) < 4.78 is 60.3. The Hall–Kier alpha value is -8.76. The highest BCUT2D eigenvalue weighted by Gasteiger charge is 2.45. The Bertz CT molecular complexity index is 2960. The number of carbonyl (C=O) groups excluding carboxylic acids is 8. The Balaban J connectivity index is 0.802. The van der Waals surface area contributed by atoms with Crippen LogP contribution >= 0.6 is 0 Å². The number of nitrogens with zero attached hydrogens (tertiary/aromatic N) is 7. The van der Waals surface area contributed by atoms with Gasteiger partial charge in [-0.1, -0.05) is 6.07 Å². The summed E-state index contributed by atoms with van der Waals surface area (Å²) in [5, 5.41) is 26.3. The van der Waals surface area contributed by atoms with Crippen LogP contribution in [0.3, 0.4) is 0 Å². The van der Waals surface area contributed by atoms with Crippen molar-refractivity contribution in [3.63, 3.8) is 0 Å². The maximum absolute atomic E-state index is 13.6. The van der Waals surface area contributed by atoms with Crippen LogP contribution in [0.5, 0.6) is 5.88 Å². The molecule has 0 bridgehead atoms. The van der Waals surface area contributed by atoms with E-state index in [1.165, 1.54) is 39.0 Å². The van der Waals surface area contributed by atoms with Gasteiger partial charge in [-0.25, -0.2) is 24.2 Å². The average Bonchev–Trinajstić information content (AvgIpc) is 4.17. The highest BCUT2D eigenvalue weighted by molar-refractivity contribution is 6.25. The van der Waals surface area contributed by atoms with Crippen LogP contribution in [-0.2, 0) is 19.1 Å². The topological polar surface area (TPSA) is 311 Å². The number of fused-ring (bicyclic) bond motifs is 1. The van der Waals surface area contributed by atoms with Crippen LogP contribution in [0.2, 0.25) is 0 Å². The Morgan fingerprint density at radius 2 is 1.66 bits per heavy atom. The molecule has 3 aromatic heterocycles. The van der Waals surface area contributed by atoms with E-state index in [1.807, 2.05) is 0 Å². The molecule has 5 aromatic rings. The molecule has 2 fully saturated rings. The molecule has 388 valence electrons. The smallest absolute Gasteiger partial charge is 0.414 e. The predicted molar refractivity (Wildman–Crippen MR) is 248 cm³/mol. The normalized spacial score (nSPS) is 15.6. The number of urea groups is 1. The minimum atomic E-state index is -4.66. The van der Waals surface area contributed by atoms with Gasteiger partial charge in [0.1, 0.15) is 24.5 Å². The van der Waals surface area contributed by atoms with Crippen molar-refractivity contribution in [3.05, 3.63) is 95.6 Å². The maximum Gasteiger partial charge on any atom is 0.414 e. The third-order valence-electron chi connectivity index (χ3n) is 11.3. The van der Waals surface area contributed by atoms with Gasteiger partial charge in [0.25, 0.3) is 23.6 Å². The van der Waals surface area contributed by atoms with Gasteiger partial charge in [0.05, 0.1) is 56.0 Å². The number of oxazole rings is 1. The quantitative estimate of drug-likeness (QED) is 0.0454. The second kappa shape index (κ2) is 22.8. The lowest BCUT2D eigenvalue weighted by atomic mass is 10.0. The first kappa shape index (κ1) is 51.6. The molecular formula is C46H45F3N12O13. The monoisotopic (exact) mass is 1030 g/mol. The lowest BCUT2D eigenvalue weighted by Crippen LogP contribution is -2.54. The van der Waals surface area contributed by atoms with Crippen LogP contribution in [0.15, 0.2) is 77.7 Å². The van der Waals surface area contributed by atoms with Crippen LogP contribution in [0.4, 0.5) is 40.0 Å². The number of hydrogen-bond donors (Lipinski definition) is 6. The number of imide groups is 2. The first-order valence-electron chi connectivity index (χ1n) is 22.7. The predicted octanol–water partition coefficient (Wildman–Crippen LogP) is 2.34. The molecule has 2 saturated heterocycles. The van der Waals surface area contributed by atoms with E-state index in [0.717, 1.165) is 17.2 Å². The van der Waals surface area contributed by atoms with E-state index in [0.29, 0.717) is 16.9 Å². The number of hydrogen-bond acceptors (Lipinski definition) is 17. The highest BCUT2D eigenvalue weighted by Crippen LogP contribution is 2.33. The zero-order valence-electron chi connectivity index (χ0n) is 38.8. The Morgan fingerprint density at radius 1 is 0.892 bits per heavy atom. The second-order valence-electron chi connectivity index (χ2n) is 16.3. The molecule has 3 aliphatic heterocycles. The zero-order chi connectivity index (χ0) is 52.5. The largest absolute Gasteiger partial charge is 0.444 e. The van der Waals surface area contributed by atoms with Crippen molar-refractivity contribution < 1.29 is 75.3 Å². The number of alkyl halides is 3. The van der Waals surface area contributed by atoms with Crippen molar-refractivity contribution in [1.29, 1.82) is 0 Å². The van der Waals surface area contributed by atoms with E-state index in [1.54, 1.807) is 41.7 Å². The number of halogens is 3. The number of carbonyl (C=O) groups is 8. The molecule has 0 saturated carbocycles. The van der Waals surface area contributed by atoms with Gasteiger partial charge in [0.2, 0.25) is 23.6 Å². The van der Waals surface area contributed by atoms with Gasteiger partial charge in [0.15, 0.2) is 11.5 Å². The second-order valence-corrected chi connectivity index (χ2v) is 16.3. The molecule has 28 heteroatoms. The summed E-state index contributed by atoms with van der Waals surface area (Å²) in [4.78, 5) is 114. The van der Waals surface area contributed by atoms with Gasteiger partial charge in [-0.3, -0.25) is 43.9 Å². The van der Waals surface area contributed by atoms with Crippen molar-refractivity contribution in [2.75, 3.05) is 87.8 Å². The number of rotatable bonds is 21. The molecule has 1 atom stereocenters. The summed E-state index contributed by atoms with van der Waals surface area (Å²) in [7, 11) is 0. The van der Waals surface area contributed by atoms with Gasteiger partial charge in [-0.15, -0.1) is 5.10 Å². The lowest BCUT2D eigenvalue weighted by Gasteiger charge is -2.27. The van der Waals surface area contributed by atoms with Crippen LogP contribution in [0.25, 0.3) is 17.1 Å². The van der Waals surface area contributed by atoms with Gasteiger partial charge in [-0.05, 0) is 48.9 Å². The van der Waals surface area contributed by atoms with Crippen LogP contribution < -0.4 is 36.2 Å². The fourth-order valence-electron chi connectivity index (χ4n) is 7.84. The molecule has 1 unspecified atom stereocenters. The lowest BCUT2D eigenvalue weighted by molar-refractivity contribution is -0.136. The van der Waals surface area contributed by atoms with Crippen molar-refractivity contribution in [2.45, 2.75) is 25.1 Å². The van der Waals surface area contributed by atoms with Crippen molar-refractivity contribution in [1.82, 2.24) is 45.5 Å². The van der Waals surface area contributed by atoms with Crippen LogP contribution in [0, 0.1) is 0 Å². The molecule has 9 amide bonds. The third kappa shape index (κ3) is 12.1. The fraction of sp³-hybridized carbons (Fsp3) is 0.326. The molecule has 0 aliphatic carbocycles. The molecular weight excluding hydrogens is 986 g/mol. The third-order valence-corrected chi connectivity index (χ3v) is 11.3. The molecule has 25 nitrogen and oxygen atoms in total. The number of benzene rings is 2. The Kier molecular flexibility index (Phi) is 15.9. The van der Waals surface area contributed by atoms with Crippen molar-refractivity contribution in [2.24, 2.45) is 0 Å². The van der Waals surface area contributed by atoms with Crippen LogP contribution in [-0.4, -0.2) is 167 Å². The first-order valence-corrected chi connectivity index (χ1v) is 22.7. The average molecular weight is 1030 g/mol. The summed E-state index contributed by atoms with van der Waals surface area (Å²) in [6, 6.07) is 12.0. The summed E-state index contributed by atoms with van der Waals surface area (Å²) in [6.45, 7) is -0.133. The zero-order valence-corrected chi connectivity index (χ0v) is 38.8. The molecule has 8 rings (SSSR count). The van der Waals surface area contributed by atoms with E-state index in [9.17, 15) is 56.6 Å².